The zero-order valence-corrected chi connectivity index (χ0v) is 13.1. The Morgan fingerprint density at radius 1 is 1.35 bits per heavy atom. The van der Waals surface area contributed by atoms with E-state index in [1.54, 1.807) is 24.4 Å². The molecule has 0 atom stereocenters. The quantitative estimate of drug-likeness (QED) is 0.729. The molecule has 0 saturated heterocycles. The maximum atomic E-state index is 13.8. The monoisotopic (exact) mass is 333 g/mol. The molecule has 2 heterocycles. The summed E-state index contributed by atoms with van der Waals surface area (Å²) in [7, 11) is 0. The van der Waals surface area contributed by atoms with Crippen molar-refractivity contribution in [2.24, 2.45) is 0 Å². The first kappa shape index (κ1) is 15.2. The van der Waals surface area contributed by atoms with E-state index in [-0.39, 0.29) is 17.2 Å². The maximum absolute atomic E-state index is 13.8. The molecule has 1 N–H and O–H groups in total. The van der Waals surface area contributed by atoms with E-state index >= 15 is 0 Å². The van der Waals surface area contributed by atoms with Gasteiger partial charge in [0.15, 0.2) is 17.3 Å². The zero-order chi connectivity index (χ0) is 16.7. The third kappa shape index (κ3) is 2.49. The minimum atomic E-state index is -0.857. The van der Waals surface area contributed by atoms with Crippen molar-refractivity contribution in [3.05, 3.63) is 46.0 Å². The Bertz CT molecular complexity index is 928. The predicted octanol–water partition coefficient (Wildman–Crippen LogP) is 3.47. The third-order valence-corrected chi connectivity index (χ3v) is 4.25. The Morgan fingerprint density at radius 3 is 2.70 bits per heavy atom. The van der Waals surface area contributed by atoms with Crippen molar-refractivity contribution in [3.63, 3.8) is 0 Å². The largest absolute Gasteiger partial charge is 0.505 e. The number of carbonyl (C=O) groups is 2. The molecule has 0 fully saturated rings. The van der Waals surface area contributed by atoms with Gasteiger partial charge >= 0.3 is 5.97 Å². The summed E-state index contributed by atoms with van der Waals surface area (Å²) >= 11 is 1.25. The van der Waals surface area contributed by atoms with Crippen LogP contribution in [0.1, 0.15) is 22.3 Å². The van der Waals surface area contributed by atoms with Crippen molar-refractivity contribution in [3.8, 4) is 11.5 Å². The smallest absolute Gasteiger partial charge is 0.308 e. The molecule has 0 bridgehead atoms. The van der Waals surface area contributed by atoms with Gasteiger partial charge in [-0.15, -0.1) is 11.3 Å². The number of phenols is 1. The number of thiophene rings is 1. The topological polar surface area (TPSA) is 68.5 Å². The summed E-state index contributed by atoms with van der Waals surface area (Å²) in [4.78, 5) is 24.5. The standard InChI is InChI=1S/C16H12FNO4S/c1-8-15(22-9(2)19)10-6-13(20)11(17)7-12(10)18(8)16(21)14-4-3-5-23-14/h3-7,20H,1-2H3. The molecule has 2 aromatic heterocycles. The number of rotatable bonds is 2. The molecule has 0 spiro atoms. The molecular weight excluding hydrogens is 321 g/mol. The van der Waals surface area contributed by atoms with Gasteiger partial charge in [-0.3, -0.25) is 14.2 Å². The molecule has 23 heavy (non-hydrogen) atoms. The lowest BCUT2D eigenvalue weighted by atomic mass is 10.2. The van der Waals surface area contributed by atoms with Crippen LogP contribution in [0.3, 0.4) is 0 Å². The number of halogens is 1. The molecule has 0 radical (unpaired) electrons. The molecule has 0 saturated carbocycles. The predicted molar refractivity (Wildman–Crippen MR) is 83.7 cm³/mol. The molecule has 0 aliphatic heterocycles. The van der Waals surface area contributed by atoms with Crippen LogP contribution in [0.4, 0.5) is 4.39 Å². The molecule has 0 unspecified atom stereocenters. The van der Waals surface area contributed by atoms with E-state index in [1.807, 2.05) is 0 Å². The molecule has 0 amide bonds. The van der Waals surface area contributed by atoms with Gasteiger partial charge in [-0.25, -0.2) is 4.39 Å². The molecule has 5 nitrogen and oxygen atoms in total. The molecular formula is C16H12FNO4S. The first-order valence-electron chi connectivity index (χ1n) is 6.70. The first-order chi connectivity index (χ1) is 10.9. The molecule has 7 heteroatoms. The first-order valence-corrected chi connectivity index (χ1v) is 7.58. The average Bonchev–Trinajstić information content (AvgIpc) is 3.09. The van der Waals surface area contributed by atoms with Gasteiger partial charge in [-0.2, -0.15) is 0 Å². The fourth-order valence-corrected chi connectivity index (χ4v) is 3.09. The van der Waals surface area contributed by atoms with Crippen molar-refractivity contribution < 1.29 is 23.8 Å². The highest BCUT2D eigenvalue weighted by Gasteiger charge is 2.24. The van der Waals surface area contributed by atoms with Crippen LogP contribution in [0.2, 0.25) is 0 Å². The van der Waals surface area contributed by atoms with Gasteiger partial charge in [0, 0.05) is 18.4 Å². The minimum absolute atomic E-state index is 0.132. The average molecular weight is 333 g/mol. The van der Waals surface area contributed by atoms with Crippen molar-refractivity contribution in [1.29, 1.82) is 0 Å². The summed E-state index contributed by atoms with van der Waals surface area (Å²) in [6.45, 7) is 2.83. The van der Waals surface area contributed by atoms with Crippen LogP contribution in [-0.4, -0.2) is 21.6 Å². The van der Waals surface area contributed by atoms with Gasteiger partial charge in [-0.1, -0.05) is 6.07 Å². The summed E-state index contributed by atoms with van der Waals surface area (Å²) < 4.78 is 20.2. The number of hydrogen-bond acceptors (Lipinski definition) is 5. The number of hydrogen-bond donors (Lipinski definition) is 1. The number of aromatic nitrogens is 1. The van der Waals surface area contributed by atoms with Crippen LogP contribution in [0.25, 0.3) is 10.9 Å². The summed E-state index contributed by atoms with van der Waals surface area (Å²) in [5, 5.41) is 11.6. The van der Waals surface area contributed by atoms with Crippen molar-refractivity contribution in [1.82, 2.24) is 4.57 Å². The Hall–Kier alpha value is -2.67. The van der Waals surface area contributed by atoms with Gasteiger partial charge in [0.05, 0.1) is 16.1 Å². The number of carbonyl (C=O) groups excluding carboxylic acids is 2. The van der Waals surface area contributed by atoms with E-state index in [0.29, 0.717) is 16.0 Å². The van der Waals surface area contributed by atoms with Gasteiger partial charge in [0.1, 0.15) is 0 Å². The Morgan fingerprint density at radius 2 is 2.09 bits per heavy atom. The molecule has 118 valence electrons. The van der Waals surface area contributed by atoms with Crippen LogP contribution < -0.4 is 4.74 Å². The SMILES string of the molecule is CC(=O)Oc1c(C)n(C(=O)c2cccs2)c2cc(F)c(O)cc12. The van der Waals surface area contributed by atoms with E-state index in [4.69, 9.17) is 4.74 Å². The normalized spacial score (nSPS) is 10.9. The van der Waals surface area contributed by atoms with E-state index in [0.717, 1.165) is 12.1 Å². The van der Waals surface area contributed by atoms with Gasteiger partial charge in [0.25, 0.3) is 5.91 Å². The number of nitrogens with zero attached hydrogens (tertiary/aromatic N) is 1. The lowest BCUT2D eigenvalue weighted by molar-refractivity contribution is -0.131. The van der Waals surface area contributed by atoms with Crippen LogP contribution in [0.5, 0.6) is 11.5 Å². The highest BCUT2D eigenvalue weighted by Crippen LogP contribution is 2.37. The summed E-state index contributed by atoms with van der Waals surface area (Å²) in [6, 6.07) is 5.59. The minimum Gasteiger partial charge on any atom is -0.505 e. The Balaban J connectivity index is 2.32. The van der Waals surface area contributed by atoms with Crippen LogP contribution in [-0.2, 0) is 4.79 Å². The third-order valence-electron chi connectivity index (χ3n) is 3.40. The maximum Gasteiger partial charge on any atom is 0.308 e. The fourth-order valence-electron chi connectivity index (χ4n) is 2.44. The summed E-state index contributed by atoms with van der Waals surface area (Å²) in [6.07, 6.45) is 0. The highest BCUT2D eigenvalue weighted by molar-refractivity contribution is 7.12. The molecule has 0 aliphatic rings. The number of aromatic hydroxyl groups is 1. The molecule has 1 aromatic carbocycles. The number of phenolic OH excluding ortho intramolecular Hbond substituents is 1. The highest BCUT2D eigenvalue weighted by atomic mass is 32.1. The van der Waals surface area contributed by atoms with Crippen LogP contribution in [0.15, 0.2) is 29.6 Å². The molecule has 0 aliphatic carbocycles. The lowest BCUT2D eigenvalue weighted by Gasteiger charge is -2.05. The van der Waals surface area contributed by atoms with Crippen LogP contribution >= 0.6 is 11.3 Å². The second-order valence-corrected chi connectivity index (χ2v) is 5.89. The Labute approximate surface area is 134 Å². The second kappa shape index (κ2) is 5.51. The van der Waals surface area contributed by atoms with E-state index < -0.39 is 17.5 Å². The van der Waals surface area contributed by atoms with E-state index in [9.17, 15) is 19.1 Å². The van der Waals surface area contributed by atoms with E-state index in [1.165, 1.54) is 22.8 Å². The molecule has 3 rings (SSSR count). The lowest BCUT2D eigenvalue weighted by Crippen LogP contribution is -2.12. The van der Waals surface area contributed by atoms with Gasteiger partial charge in [0.2, 0.25) is 0 Å². The van der Waals surface area contributed by atoms with Gasteiger partial charge < -0.3 is 9.84 Å². The Kier molecular flexibility index (Phi) is 3.65. The zero-order valence-electron chi connectivity index (χ0n) is 12.3. The van der Waals surface area contributed by atoms with E-state index in [2.05, 4.69) is 0 Å². The van der Waals surface area contributed by atoms with Gasteiger partial charge in [-0.05, 0) is 24.4 Å². The second-order valence-electron chi connectivity index (χ2n) is 4.95. The van der Waals surface area contributed by atoms with Crippen molar-refractivity contribution >= 4 is 34.1 Å². The summed E-state index contributed by atoms with van der Waals surface area (Å²) in [5.41, 5.74) is 0.589. The summed E-state index contributed by atoms with van der Waals surface area (Å²) in [5.74, 6) is -2.23. The van der Waals surface area contributed by atoms with Crippen LogP contribution in [0, 0.1) is 12.7 Å². The molecule has 3 aromatic rings. The number of benzene rings is 1. The number of ether oxygens (including phenoxy) is 1. The van der Waals surface area contributed by atoms with Crippen molar-refractivity contribution in [2.75, 3.05) is 0 Å². The number of fused-ring (bicyclic) bond motifs is 1. The fraction of sp³-hybridized carbons (Fsp3) is 0.125. The number of esters is 1. The van der Waals surface area contributed by atoms with Crippen molar-refractivity contribution in [2.45, 2.75) is 13.8 Å².